The fourth-order valence-electron chi connectivity index (χ4n) is 1.77. The van der Waals surface area contributed by atoms with Gasteiger partial charge in [0.25, 0.3) is 0 Å². The first-order chi connectivity index (χ1) is 9.63. The number of carbonyl (C=O) groups excluding carboxylic acids is 2. The van der Waals surface area contributed by atoms with E-state index < -0.39 is 0 Å². The average Bonchev–Trinajstić information content (AvgIpc) is 2.43. The van der Waals surface area contributed by atoms with Crippen molar-refractivity contribution in [2.24, 2.45) is 0 Å². The zero-order valence-electron chi connectivity index (χ0n) is 11.9. The number of nitrogens with one attached hydrogen (secondary N) is 1. The molecule has 0 aliphatic carbocycles. The second-order valence-corrected chi connectivity index (χ2v) is 4.29. The number of amides is 1. The van der Waals surface area contributed by atoms with Crippen LogP contribution in [0, 0.1) is 0 Å². The van der Waals surface area contributed by atoms with E-state index in [-0.39, 0.29) is 30.9 Å². The highest BCUT2D eigenvalue weighted by Crippen LogP contribution is 2.17. The van der Waals surface area contributed by atoms with Gasteiger partial charge in [0.2, 0.25) is 5.91 Å². The first kappa shape index (κ1) is 16.2. The number of hydrogen-bond acceptors (Lipinski definition) is 4. The summed E-state index contributed by atoms with van der Waals surface area (Å²) in [6.07, 6.45) is 0.107. The van der Waals surface area contributed by atoms with Gasteiger partial charge in [-0.3, -0.25) is 9.59 Å². The summed E-state index contributed by atoms with van der Waals surface area (Å²) in [5, 5.41) is 2.76. The molecule has 0 saturated heterocycles. The summed E-state index contributed by atoms with van der Waals surface area (Å²) in [5.74, 6) is -0.534. The van der Waals surface area contributed by atoms with Crippen LogP contribution in [0.3, 0.4) is 0 Å². The van der Waals surface area contributed by atoms with E-state index in [4.69, 9.17) is 9.47 Å². The van der Waals surface area contributed by atoms with Crippen molar-refractivity contribution in [3.05, 3.63) is 35.9 Å². The van der Waals surface area contributed by atoms with Crippen LogP contribution in [0.5, 0.6) is 0 Å². The Kier molecular flexibility index (Phi) is 7.35. The molecule has 0 spiro atoms. The number of hydrogen-bond donors (Lipinski definition) is 1. The molecular formula is C15H21NO4. The fourth-order valence-corrected chi connectivity index (χ4v) is 1.77. The van der Waals surface area contributed by atoms with Crippen LogP contribution in [0.4, 0.5) is 0 Å². The summed E-state index contributed by atoms with van der Waals surface area (Å²) in [5.41, 5.74) is 0.879. The van der Waals surface area contributed by atoms with Gasteiger partial charge in [0.1, 0.15) is 6.61 Å². The molecule has 5 heteroatoms. The van der Waals surface area contributed by atoms with E-state index in [1.54, 1.807) is 0 Å². The SMILES string of the molecule is CCOCCOC(=O)C[C@H](NC(C)=O)c1ccccc1. The Balaban J connectivity index is 2.52. The molecule has 0 heterocycles. The first-order valence-corrected chi connectivity index (χ1v) is 6.69. The lowest BCUT2D eigenvalue weighted by Crippen LogP contribution is -2.28. The average molecular weight is 279 g/mol. The number of rotatable bonds is 8. The van der Waals surface area contributed by atoms with Crippen molar-refractivity contribution >= 4 is 11.9 Å². The van der Waals surface area contributed by atoms with E-state index >= 15 is 0 Å². The third kappa shape index (κ3) is 6.33. The Labute approximate surface area is 119 Å². The third-order valence-corrected chi connectivity index (χ3v) is 2.65. The minimum absolute atomic E-state index is 0.107. The maximum Gasteiger partial charge on any atom is 0.308 e. The van der Waals surface area contributed by atoms with Crippen molar-refractivity contribution in [3.63, 3.8) is 0 Å². The molecule has 0 aromatic heterocycles. The van der Waals surface area contributed by atoms with E-state index in [1.807, 2.05) is 37.3 Å². The maximum atomic E-state index is 11.7. The molecular weight excluding hydrogens is 258 g/mol. The van der Waals surface area contributed by atoms with Crippen molar-refractivity contribution in [1.29, 1.82) is 0 Å². The molecule has 0 aliphatic heterocycles. The van der Waals surface area contributed by atoms with Gasteiger partial charge in [-0.25, -0.2) is 0 Å². The van der Waals surface area contributed by atoms with Crippen LogP contribution in [0.25, 0.3) is 0 Å². The van der Waals surface area contributed by atoms with Crippen LogP contribution < -0.4 is 5.32 Å². The minimum atomic E-state index is -0.367. The van der Waals surface area contributed by atoms with Gasteiger partial charge in [0.05, 0.1) is 19.1 Å². The number of benzene rings is 1. The summed E-state index contributed by atoms with van der Waals surface area (Å²) < 4.78 is 10.2. The second kappa shape index (κ2) is 9.09. The Hall–Kier alpha value is -1.88. The standard InChI is InChI=1S/C15H21NO4/c1-3-19-9-10-20-15(18)11-14(16-12(2)17)13-7-5-4-6-8-13/h4-8,14H,3,9-11H2,1-2H3,(H,16,17)/t14-/m0/s1. The largest absolute Gasteiger partial charge is 0.463 e. The van der Waals surface area contributed by atoms with Crippen molar-refractivity contribution in [3.8, 4) is 0 Å². The molecule has 0 bridgehead atoms. The lowest BCUT2D eigenvalue weighted by molar-refractivity contribution is -0.145. The quantitative estimate of drug-likeness (QED) is 0.582. The van der Waals surface area contributed by atoms with E-state index in [1.165, 1.54) is 6.92 Å². The minimum Gasteiger partial charge on any atom is -0.463 e. The van der Waals surface area contributed by atoms with Gasteiger partial charge < -0.3 is 14.8 Å². The summed E-state index contributed by atoms with van der Waals surface area (Å²) in [6.45, 7) is 4.52. The summed E-state index contributed by atoms with van der Waals surface area (Å²) in [6, 6.07) is 8.99. The topological polar surface area (TPSA) is 64.6 Å². The van der Waals surface area contributed by atoms with E-state index in [2.05, 4.69) is 5.32 Å². The van der Waals surface area contributed by atoms with E-state index in [0.29, 0.717) is 13.2 Å². The molecule has 0 fully saturated rings. The Morgan fingerprint density at radius 3 is 2.50 bits per heavy atom. The van der Waals surface area contributed by atoms with Gasteiger partial charge in [-0.05, 0) is 12.5 Å². The maximum absolute atomic E-state index is 11.7. The molecule has 0 radical (unpaired) electrons. The van der Waals surface area contributed by atoms with E-state index in [0.717, 1.165) is 5.56 Å². The Morgan fingerprint density at radius 2 is 1.90 bits per heavy atom. The Bertz CT molecular complexity index is 419. The van der Waals surface area contributed by atoms with Crippen molar-refractivity contribution in [2.45, 2.75) is 26.3 Å². The molecule has 0 unspecified atom stereocenters. The highest BCUT2D eigenvalue weighted by Gasteiger charge is 2.17. The zero-order chi connectivity index (χ0) is 14.8. The summed E-state index contributed by atoms with van der Waals surface area (Å²) >= 11 is 0. The highest BCUT2D eigenvalue weighted by atomic mass is 16.6. The predicted molar refractivity (Wildman–Crippen MR) is 75.1 cm³/mol. The smallest absolute Gasteiger partial charge is 0.308 e. The van der Waals surface area contributed by atoms with Crippen LogP contribution in [0.15, 0.2) is 30.3 Å². The van der Waals surface area contributed by atoms with Crippen LogP contribution >= 0.6 is 0 Å². The molecule has 1 atom stereocenters. The highest BCUT2D eigenvalue weighted by molar-refractivity contribution is 5.76. The van der Waals surface area contributed by atoms with Crippen molar-refractivity contribution in [1.82, 2.24) is 5.32 Å². The lowest BCUT2D eigenvalue weighted by Gasteiger charge is -2.17. The molecule has 1 aromatic rings. The lowest BCUT2D eigenvalue weighted by atomic mass is 10.0. The van der Waals surface area contributed by atoms with Crippen LogP contribution in [-0.4, -0.2) is 31.7 Å². The zero-order valence-corrected chi connectivity index (χ0v) is 11.9. The fraction of sp³-hybridized carbons (Fsp3) is 0.467. The molecule has 1 aromatic carbocycles. The van der Waals surface area contributed by atoms with Crippen LogP contribution in [-0.2, 0) is 19.1 Å². The molecule has 1 amide bonds. The molecule has 1 N–H and O–H groups in total. The van der Waals surface area contributed by atoms with Gasteiger partial charge in [-0.15, -0.1) is 0 Å². The first-order valence-electron chi connectivity index (χ1n) is 6.69. The summed E-state index contributed by atoms with van der Waals surface area (Å²) in [7, 11) is 0. The third-order valence-electron chi connectivity index (χ3n) is 2.65. The number of ether oxygens (including phenoxy) is 2. The molecule has 1 rings (SSSR count). The molecule has 110 valence electrons. The molecule has 0 saturated carbocycles. The normalized spacial score (nSPS) is 11.7. The summed E-state index contributed by atoms with van der Waals surface area (Å²) in [4.78, 5) is 23.0. The second-order valence-electron chi connectivity index (χ2n) is 4.29. The molecule has 0 aliphatic rings. The van der Waals surface area contributed by atoms with Gasteiger partial charge in [-0.1, -0.05) is 30.3 Å². The van der Waals surface area contributed by atoms with Crippen LogP contribution in [0.2, 0.25) is 0 Å². The number of carbonyl (C=O) groups is 2. The monoisotopic (exact) mass is 279 g/mol. The molecule has 5 nitrogen and oxygen atoms in total. The van der Waals surface area contributed by atoms with Gasteiger partial charge >= 0.3 is 5.97 Å². The van der Waals surface area contributed by atoms with Gasteiger partial charge in [-0.2, -0.15) is 0 Å². The van der Waals surface area contributed by atoms with Gasteiger partial charge in [0, 0.05) is 13.5 Å². The predicted octanol–water partition coefficient (Wildman–Crippen LogP) is 1.83. The van der Waals surface area contributed by atoms with Gasteiger partial charge in [0.15, 0.2) is 0 Å². The molecule has 20 heavy (non-hydrogen) atoms. The van der Waals surface area contributed by atoms with Crippen molar-refractivity contribution in [2.75, 3.05) is 19.8 Å². The van der Waals surface area contributed by atoms with E-state index in [9.17, 15) is 9.59 Å². The van der Waals surface area contributed by atoms with Crippen LogP contribution in [0.1, 0.15) is 31.9 Å². The number of esters is 1. The van der Waals surface area contributed by atoms with Crippen molar-refractivity contribution < 1.29 is 19.1 Å². The Morgan fingerprint density at radius 1 is 1.20 bits per heavy atom.